The van der Waals surface area contributed by atoms with E-state index >= 15 is 0 Å². The second-order valence-corrected chi connectivity index (χ2v) is 7.70. The van der Waals surface area contributed by atoms with Gasteiger partial charge in [0.2, 0.25) is 0 Å². The highest BCUT2D eigenvalue weighted by Gasteiger charge is 2.25. The second kappa shape index (κ2) is 7.31. The number of anilines is 1. The Morgan fingerprint density at radius 1 is 1.25 bits per heavy atom. The van der Waals surface area contributed by atoms with Gasteiger partial charge in [0.15, 0.2) is 0 Å². The summed E-state index contributed by atoms with van der Waals surface area (Å²) >= 11 is 3.49. The Labute approximate surface area is 171 Å². The number of benzene rings is 2. The minimum Gasteiger partial charge on any atom is -0.465 e. The van der Waals surface area contributed by atoms with Crippen LogP contribution in [0.1, 0.15) is 27.2 Å². The highest BCUT2D eigenvalue weighted by atomic mass is 79.9. The lowest BCUT2D eigenvalue weighted by atomic mass is 10.0. The van der Waals surface area contributed by atoms with Gasteiger partial charge >= 0.3 is 12.0 Å². The fourth-order valence-corrected chi connectivity index (χ4v) is 3.94. The first-order valence-corrected chi connectivity index (χ1v) is 9.80. The van der Waals surface area contributed by atoms with E-state index in [1.807, 2.05) is 37.3 Å². The number of carbonyl (C=O) groups is 2. The number of nitrogens with one attached hydrogen (secondary N) is 2. The minimum absolute atomic E-state index is 0.134. The molecule has 2 heterocycles. The number of carbonyl (C=O) groups excluding carboxylic acids is 2. The quantitative estimate of drug-likeness (QED) is 0.569. The van der Waals surface area contributed by atoms with Crippen molar-refractivity contribution in [2.45, 2.75) is 19.9 Å². The zero-order chi connectivity index (χ0) is 19.8. The van der Waals surface area contributed by atoms with E-state index in [2.05, 4.69) is 26.2 Å². The van der Waals surface area contributed by atoms with Gasteiger partial charge in [0, 0.05) is 51.8 Å². The lowest BCUT2D eigenvalue weighted by Crippen LogP contribution is -2.38. The third-order valence-electron chi connectivity index (χ3n) is 5.19. The number of hydrogen-bond donors (Lipinski definition) is 2. The van der Waals surface area contributed by atoms with Gasteiger partial charge in [-0.25, -0.2) is 9.59 Å². The Bertz CT molecular complexity index is 1090. The molecule has 0 aliphatic carbocycles. The summed E-state index contributed by atoms with van der Waals surface area (Å²) in [5, 5.41) is 3.96. The molecule has 7 heteroatoms. The van der Waals surface area contributed by atoms with E-state index < -0.39 is 0 Å². The van der Waals surface area contributed by atoms with E-state index in [4.69, 9.17) is 4.74 Å². The molecule has 0 fully saturated rings. The van der Waals surface area contributed by atoms with Crippen molar-refractivity contribution in [1.29, 1.82) is 0 Å². The van der Waals surface area contributed by atoms with Gasteiger partial charge in [-0.15, -0.1) is 0 Å². The SMILES string of the molecule is COC(=O)c1ccc2[nH]c3c(c2c1)CN(C(=O)Nc1cccc(Br)c1C)CC3. The number of esters is 1. The van der Waals surface area contributed by atoms with Crippen LogP contribution in [0.4, 0.5) is 10.5 Å². The van der Waals surface area contributed by atoms with E-state index in [1.165, 1.54) is 7.11 Å². The van der Waals surface area contributed by atoms with Crippen molar-refractivity contribution in [3.8, 4) is 0 Å². The van der Waals surface area contributed by atoms with Crippen molar-refractivity contribution in [2.24, 2.45) is 0 Å². The summed E-state index contributed by atoms with van der Waals surface area (Å²) in [6, 6.07) is 11.1. The molecule has 0 spiro atoms. The fraction of sp³-hybridized carbons (Fsp3) is 0.238. The Hall–Kier alpha value is -2.80. The first-order chi connectivity index (χ1) is 13.5. The summed E-state index contributed by atoms with van der Waals surface area (Å²) in [5.41, 5.74) is 5.40. The van der Waals surface area contributed by atoms with Crippen LogP contribution in [0.3, 0.4) is 0 Å². The largest absolute Gasteiger partial charge is 0.465 e. The molecule has 2 amide bonds. The van der Waals surface area contributed by atoms with Crippen LogP contribution in [0.25, 0.3) is 10.9 Å². The maximum atomic E-state index is 12.8. The molecule has 6 nitrogen and oxygen atoms in total. The van der Waals surface area contributed by atoms with Crippen LogP contribution in [0, 0.1) is 6.92 Å². The van der Waals surface area contributed by atoms with E-state index in [0.717, 1.165) is 44.3 Å². The number of halogens is 1. The van der Waals surface area contributed by atoms with Gasteiger partial charge in [0.25, 0.3) is 0 Å². The molecule has 28 heavy (non-hydrogen) atoms. The van der Waals surface area contributed by atoms with Crippen molar-refractivity contribution in [3.05, 3.63) is 63.3 Å². The van der Waals surface area contributed by atoms with Crippen LogP contribution < -0.4 is 5.32 Å². The molecular formula is C21H20BrN3O3. The average Bonchev–Trinajstić information content (AvgIpc) is 3.07. The van der Waals surface area contributed by atoms with Gasteiger partial charge in [0.05, 0.1) is 12.7 Å². The fourth-order valence-electron chi connectivity index (χ4n) is 3.57. The number of aromatic amines is 1. The van der Waals surface area contributed by atoms with Crippen LogP contribution >= 0.6 is 15.9 Å². The molecule has 2 N–H and O–H groups in total. The van der Waals surface area contributed by atoms with E-state index in [9.17, 15) is 9.59 Å². The molecule has 2 aromatic carbocycles. The predicted molar refractivity (Wildman–Crippen MR) is 112 cm³/mol. The van der Waals surface area contributed by atoms with E-state index in [-0.39, 0.29) is 12.0 Å². The van der Waals surface area contributed by atoms with Crippen LogP contribution in [0.2, 0.25) is 0 Å². The molecule has 0 saturated carbocycles. The number of ether oxygens (including phenoxy) is 1. The van der Waals surface area contributed by atoms with E-state index in [1.54, 1.807) is 11.0 Å². The summed E-state index contributed by atoms with van der Waals surface area (Å²) in [4.78, 5) is 29.9. The Balaban J connectivity index is 1.60. The first-order valence-electron chi connectivity index (χ1n) is 9.00. The van der Waals surface area contributed by atoms with E-state index in [0.29, 0.717) is 18.7 Å². The number of methoxy groups -OCH3 is 1. The normalized spacial score (nSPS) is 13.3. The molecule has 0 saturated heterocycles. The molecule has 1 aliphatic rings. The lowest BCUT2D eigenvalue weighted by Gasteiger charge is -2.27. The molecular weight excluding hydrogens is 422 g/mol. The van der Waals surface area contributed by atoms with Crippen molar-refractivity contribution >= 4 is 44.5 Å². The smallest absolute Gasteiger partial charge is 0.337 e. The van der Waals surface area contributed by atoms with Crippen LogP contribution in [0.5, 0.6) is 0 Å². The van der Waals surface area contributed by atoms with Gasteiger partial charge in [-0.3, -0.25) is 0 Å². The van der Waals surface area contributed by atoms with Gasteiger partial charge in [-0.1, -0.05) is 22.0 Å². The number of nitrogens with zero attached hydrogens (tertiary/aromatic N) is 1. The highest BCUT2D eigenvalue weighted by molar-refractivity contribution is 9.10. The summed E-state index contributed by atoms with van der Waals surface area (Å²) in [5.74, 6) is -0.368. The van der Waals surface area contributed by atoms with Crippen LogP contribution in [-0.4, -0.2) is 35.5 Å². The molecule has 144 valence electrons. The number of urea groups is 1. The highest BCUT2D eigenvalue weighted by Crippen LogP contribution is 2.30. The minimum atomic E-state index is -0.368. The summed E-state index contributed by atoms with van der Waals surface area (Å²) in [7, 11) is 1.37. The second-order valence-electron chi connectivity index (χ2n) is 6.85. The van der Waals surface area contributed by atoms with Crippen LogP contribution in [0.15, 0.2) is 40.9 Å². The third kappa shape index (κ3) is 3.26. The Kier molecular flexibility index (Phi) is 4.85. The number of amides is 2. The Morgan fingerprint density at radius 3 is 2.86 bits per heavy atom. The van der Waals surface area contributed by atoms with Gasteiger partial charge in [-0.2, -0.15) is 0 Å². The van der Waals surface area contributed by atoms with Crippen molar-refractivity contribution in [3.63, 3.8) is 0 Å². The maximum absolute atomic E-state index is 12.8. The van der Waals surface area contributed by atoms with Gasteiger partial charge in [-0.05, 0) is 42.8 Å². The zero-order valence-corrected chi connectivity index (χ0v) is 17.2. The van der Waals surface area contributed by atoms with Gasteiger partial charge in [0.1, 0.15) is 0 Å². The van der Waals surface area contributed by atoms with Crippen LogP contribution in [-0.2, 0) is 17.7 Å². The molecule has 1 aliphatic heterocycles. The molecule has 0 bridgehead atoms. The van der Waals surface area contributed by atoms with Crippen molar-refractivity contribution < 1.29 is 14.3 Å². The number of hydrogen-bond acceptors (Lipinski definition) is 3. The molecule has 0 radical (unpaired) electrons. The summed E-state index contributed by atoms with van der Waals surface area (Å²) in [6.07, 6.45) is 0.739. The number of rotatable bonds is 2. The molecule has 4 rings (SSSR count). The van der Waals surface area contributed by atoms with Gasteiger partial charge < -0.3 is 19.9 Å². The number of fused-ring (bicyclic) bond motifs is 3. The average molecular weight is 442 g/mol. The number of H-pyrrole nitrogens is 1. The summed E-state index contributed by atoms with van der Waals surface area (Å²) < 4.78 is 5.78. The maximum Gasteiger partial charge on any atom is 0.337 e. The Morgan fingerprint density at radius 2 is 2.07 bits per heavy atom. The standard InChI is InChI=1S/C21H20BrN3O3/c1-12-16(22)4-3-5-17(12)24-21(27)25-9-8-19-15(11-25)14-10-13(20(26)28-2)6-7-18(14)23-19/h3-7,10,23H,8-9,11H2,1-2H3,(H,24,27). The summed E-state index contributed by atoms with van der Waals surface area (Å²) in [6.45, 7) is 3.07. The lowest BCUT2D eigenvalue weighted by molar-refractivity contribution is 0.0601. The topological polar surface area (TPSA) is 74.4 Å². The first kappa shape index (κ1) is 18.6. The molecule has 0 atom stereocenters. The van der Waals surface area contributed by atoms with Crippen molar-refractivity contribution in [1.82, 2.24) is 9.88 Å². The molecule has 1 aromatic heterocycles. The third-order valence-corrected chi connectivity index (χ3v) is 6.05. The molecule has 3 aromatic rings. The molecule has 0 unspecified atom stereocenters. The predicted octanol–water partition coefficient (Wildman–Crippen LogP) is 4.62. The zero-order valence-electron chi connectivity index (χ0n) is 15.6. The van der Waals surface area contributed by atoms with Crippen molar-refractivity contribution in [2.75, 3.05) is 19.0 Å². The number of aromatic nitrogens is 1. The monoisotopic (exact) mass is 441 g/mol.